The van der Waals surface area contributed by atoms with Gasteiger partial charge in [0, 0.05) is 21.9 Å². The van der Waals surface area contributed by atoms with Gasteiger partial charge in [0.05, 0.1) is 11.5 Å². The fourth-order valence-electron chi connectivity index (χ4n) is 9.28. The van der Waals surface area contributed by atoms with Crippen LogP contribution in [-0.2, 0) is 0 Å². The van der Waals surface area contributed by atoms with Crippen molar-refractivity contribution in [2.75, 3.05) is 0 Å². The molecule has 0 radical (unpaired) electrons. The van der Waals surface area contributed by atoms with Crippen LogP contribution in [0.25, 0.3) is 83.1 Å². The second-order valence-corrected chi connectivity index (χ2v) is 15.7. The molecule has 284 valence electrons. The minimum Gasteiger partial charge on any atom is -0.485 e. The Labute approximate surface area is 347 Å². The van der Waals surface area contributed by atoms with E-state index in [1.807, 2.05) is 18.2 Å². The second-order valence-electron chi connectivity index (χ2n) is 15.7. The van der Waals surface area contributed by atoms with E-state index >= 15 is 0 Å². The number of allylic oxidation sites excluding steroid dienone is 6. The van der Waals surface area contributed by atoms with Crippen LogP contribution in [0.4, 0.5) is 0 Å². The maximum atomic E-state index is 6.73. The van der Waals surface area contributed by atoms with Gasteiger partial charge in [-0.25, -0.2) is 15.0 Å². The number of hydrogen-bond acceptors (Lipinski definition) is 5. The van der Waals surface area contributed by atoms with Gasteiger partial charge in [-0.3, -0.25) is 0 Å². The normalized spacial score (nSPS) is 16.9. The standard InChI is InChI=1S/C55H37N3O2/c1-2-12-34(13-3-1)36-26-29-37(30-27-36)42-19-10-24-48-50(42)51-45(21-11-25-49(51)59-48)54-56-53(41-17-8-16-39(33-41)40-31-28-35-14-4-5-15-38(35)32-40)57-55(58-54)46-22-9-20-44-43-18-6-7-23-47(43)60-52(44)46/h1-7,9-16,18-33,49,51H,8,17H2. The van der Waals surface area contributed by atoms with Crippen molar-refractivity contribution in [1.82, 2.24) is 15.0 Å². The highest BCUT2D eigenvalue weighted by atomic mass is 16.5. The van der Waals surface area contributed by atoms with Crippen molar-refractivity contribution in [2.45, 2.75) is 24.9 Å². The van der Waals surface area contributed by atoms with Crippen LogP contribution < -0.4 is 4.74 Å². The van der Waals surface area contributed by atoms with Crippen LogP contribution in [0.2, 0.25) is 0 Å². The highest BCUT2D eigenvalue weighted by molar-refractivity contribution is 6.09. The first-order valence-electron chi connectivity index (χ1n) is 20.6. The van der Waals surface area contributed by atoms with Crippen molar-refractivity contribution < 1.29 is 9.15 Å². The summed E-state index contributed by atoms with van der Waals surface area (Å²) in [6.45, 7) is 0. The molecule has 60 heavy (non-hydrogen) atoms. The molecule has 0 saturated carbocycles. The number of furan rings is 1. The molecule has 2 atom stereocenters. The van der Waals surface area contributed by atoms with Crippen LogP contribution in [0.5, 0.6) is 5.75 Å². The van der Waals surface area contributed by atoms with Crippen LogP contribution in [0.3, 0.4) is 0 Å². The van der Waals surface area contributed by atoms with Crippen molar-refractivity contribution >= 4 is 49.4 Å². The summed E-state index contributed by atoms with van der Waals surface area (Å²) in [5.41, 5.74) is 12.7. The van der Waals surface area contributed by atoms with Gasteiger partial charge in [0.25, 0.3) is 0 Å². The Balaban J connectivity index is 1.01. The molecule has 0 fully saturated rings. The first kappa shape index (κ1) is 34.4. The number of aromatic nitrogens is 3. The van der Waals surface area contributed by atoms with Gasteiger partial charge in [-0.1, -0.05) is 152 Å². The zero-order valence-corrected chi connectivity index (χ0v) is 32.6. The summed E-state index contributed by atoms with van der Waals surface area (Å²) in [5.74, 6) is 2.64. The molecule has 5 heteroatoms. The SMILES string of the molecule is C1=CC2Oc3cccc(-c4ccc(-c5ccccc5)cc4)c3C2C(c2nc(C3=CC(c4ccc5ccccc5c4)=CCC3)nc(-c3cccc4c3oc3ccccc34)n2)=C1. The predicted molar refractivity (Wildman–Crippen MR) is 243 cm³/mol. The van der Waals surface area contributed by atoms with E-state index in [0.717, 1.165) is 73.9 Å². The molecule has 2 aliphatic carbocycles. The molecule has 0 N–H and O–H groups in total. The Hall–Kier alpha value is -7.63. The molecule has 0 saturated heterocycles. The van der Waals surface area contributed by atoms with Crippen LogP contribution in [-0.4, -0.2) is 21.1 Å². The number of para-hydroxylation sites is 2. The highest BCUT2D eigenvalue weighted by Gasteiger charge is 2.40. The summed E-state index contributed by atoms with van der Waals surface area (Å²) in [4.78, 5) is 16.0. The second kappa shape index (κ2) is 14.0. The lowest BCUT2D eigenvalue weighted by Gasteiger charge is -2.24. The van der Waals surface area contributed by atoms with Gasteiger partial charge in [0.1, 0.15) is 23.0 Å². The number of ether oxygens (including phenoxy) is 1. The predicted octanol–water partition coefficient (Wildman–Crippen LogP) is 13.7. The third-order valence-electron chi connectivity index (χ3n) is 12.2. The fourth-order valence-corrected chi connectivity index (χ4v) is 9.28. The van der Waals surface area contributed by atoms with E-state index in [4.69, 9.17) is 24.1 Å². The van der Waals surface area contributed by atoms with E-state index in [1.54, 1.807) is 0 Å². The molecule has 12 rings (SSSR count). The van der Waals surface area contributed by atoms with Crippen molar-refractivity contribution in [1.29, 1.82) is 0 Å². The van der Waals surface area contributed by atoms with Gasteiger partial charge in [-0.05, 0) is 99.0 Å². The van der Waals surface area contributed by atoms with Crippen LogP contribution in [0.15, 0.2) is 193 Å². The molecule has 0 bridgehead atoms. The van der Waals surface area contributed by atoms with Crippen LogP contribution in [0, 0.1) is 0 Å². The molecule has 0 amide bonds. The molecule has 1 aliphatic heterocycles. The van der Waals surface area contributed by atoms with Crippen molar-refractivity contribution in [2.24, 2.45) is 0 Å². The lowest BCUT2D eigenvalue weighted by molar-refractivity contribution is 0.271. The lowest BCUT2D eigenvalue weighted by Crippen LogP contribution is -2.21. The van der Waals surface area contributed by atoms with Crippen LogP contribution >= 0.6 is 0 Å². The Morgan fingerprint density at radius 3 is 2.18 bits per heavy atom. The molecule has 0 spiro atoms. The van der Waals surface area contributed by atoms with Gasteiger partial charge >= 0.3 is 0 Å². The highest BCUT2D eigenvalue weighted by Crippen LogP contribution is 2.51. The quantitative estimate of drug-likeness (QED) is 0.168. The molecule has 3 heterocycles. The lowest BCUT2D eigenvalue weighted by atomic mass is 9.80. The Morgan fingerprint density at radius 2 is 1.27 bits per heavy atom. The number of fused-ring (bicyclic) bond motifs is 7. The minimum absolute atomic E-state index is 0.131. The van der Waals surface area contributed by atoms with E-state index in [2.05, 4.69) is 170 Å². The first-order chi connectivity index (χ1) is 29.7. The van der Waals surface area contributed by atoms with Crippen molar-refractivity contribution in [3.05, 3.63) is 211 Å². The molecular weight excluding hydrogens is 735 g/mol. The molecule has 2 aromatic heterocycles. The Morgan fingerprint density at radius 1 is 0.550 bits per heavy atom. The number of nitrogens with zero attached hydrogens (tertiary/aromatic N) is 3. The minimum atomic E-state index is -0.205. The smallest absolute Gasteiger partial charge is 0.167 e. The zero-order valence-electron chi connectivity index (χ0n) is 32.6. The Kier molecular flexibility index (Phi) is 8.05. The fraction of sp³-hybridized carbons (Fsp3) is 0.0727. The van der Waals surface area contributed by atoms with E-state index in [9.17, 15) is 0 Å². The van der Waals surface area contributed by atoms with Crippen LogP contribution in [0.1, 0.15) is 41.5 Å². The zero-order chi connectivity index (χ0) is 39.6. The van der Waals surface area contributed by atoms with Gasteiger partial charge in [-0.15, -0.1) is 0 Å². The van der Waals surface area contributed by atoms with Gasteiger partial charge < -0.3 is 9.15 Å². The summed E-state index contributed by atoms with van der Waals surface area (Å²) in [7, 11) is 0. The topological polar surface area (TPSA) is 61.0 Å². The first-order valence-corrected chi connectivity index (χ1v) is 20.6. The van der Waals surface area contributed by atoms with E-state index in [0.29, 0.717) is 17.5 Å². The summed E-state index contributed by atoms with van der Waals surface area (Å²) in [6.07, 6.45) is 12.5. The third-order valence-corrected chi connectivity index (χ3v) is 12.2. The summed E-state index contributed by atoms with van der Waals surface area (Å²) < 4.78 is 13.3. The number of rotatable bonds is 6. The Bertz CT molecular complexity index is 3300. The van der Waals surface area contributed by atoms with E-state index in [-0.39, 0.29) is 12.0 Å². The summed E-state index contributed by atoms with van der Waals surface area (Å²) in [5, 5.41) is 4.55. The largest absolute Gasteiger partial charge is 0.485 e. The summed E-state index contributed by atoms with van der Waals surface area (Å²) >= 11 is 0. The maximum absolute atomic E-state index is 6.73. The molecular formula is C55H37N3O2. The molecule has 9 aromatic rings. The van der Waals surface area contributed by atoms with Gasteiger partial charge in [0.2, 0.25) is 0 Å². The number of benzene rings is 7. The molecule has 7 aromatic carbocycles. The maximum Gasteiger partial charge on any atom is 0.167 e. The van der Waals surface area contributed by atoms with Gasteiger partial charge in [-0.2, -0.15) is 0 Å². The summed E-state index contributed by atoms with van der Waals surface area (Å²) in [6, 6.07) is 55.3. The molecule has 2 unspecified atom stereocenters. The van der Waals surface area contributed by atoms with Crippen molar-refractivity contribution in [3.8, 4) is 39.4 Å². The molecule has 5 nitrogen and oxygen atoms in total. The average Bonchev–Trinajstić information content (AvgIpc) is 3.91. The third kappa shape index (κ3) is 5.81. The van der Waals surface area contributed by atoms with E-state index in [1.165, 1.54) is 33.0 Å². The monoisotopic (exact) mass is 771 g/mol. The van der Waals surface area contributed by atoms with E-state index < -0.39 is 0 Å². The number of hydrogen-bond donors (Lipinski definition) is 0. The van der Waals surface area contributed by atoms with Gasteiger partial charge in [0.15, 0.2) is 17.5 Å². The molecule has 3 aliphatic rings. The average molecular weight is 772 g/mol. The van der Waals surface area contributed by atoms with Crippen molar-refractivity contribution in [3.63, 3.8) is 0 Å².